The number of hydrogen-bond donors (Lipinski definition) is 1. The number of fused-ring (bicyclic) bond motifs is 1. The molecule has 0 bridgehead atoms. The molecule has 0 spiro atoms. The van der Waals surface area contributed by atoms with E-state index >= 15 is 0 Å². The number of aryl methyl sites for hydroxylation is 2. The van der Waals surface area contributed by atoms with Gasteiger partial charge in [0, 0.05) is 11.8 Å². The smallest absolute Gasteiger partial charge is 0.264 e. The molecule has 0 atom stereocenters. The second-order valence-electron chi connectivity index (χ2n) is 8.37. The number of nitrogens with one attached hydrogen (secondary N) is 1. The predicted octanol–water partition coefficient (Wildman–Crippen LogP) is 5.89. The van der Waals surface area contributed by atoms with Crippen LogP contribution in [0.15, 0.2) is 63.8 Å². The van der Waals surface area contributed by atoms with Crippen LogP contribution in [0.1, 0.15) is 28.8 Å². The lowest BCUT2D eigenvalue weighted by atomic mass is 10.1. The van der Waals surface area contributed by atoms with E-state index in [-0.39, 0.29) is 28.8 Å². The zero-order chi connectivity index (χ0) is 25.4. The topological polar surface area (TPSA) is 90.8 Å². The van der Waals surface area contributed by atoms with Gasteiger partial charge in [0.25, 0.3) is 6.43 Å². The number of hydrogen-bond acceptors (Lipinski definition) is 5. The average Bonchev–Trinajstić information content (AvgIpc) is 3.56. The lowest BCUT2D eigenvalue weighted by molar-refractivity contribution is -0.116. The van der Waals surface area contributed by atoms with Gasteiger partial charge in [-0.15, -0.1) is 0 Å². The Labute approximate surface area is 213 Å². The van der Waals surface area contributed by atoms with E-state index < -0.39 is 12.3 Å². The lowest BCUT2D eigenvalue weighted by Crippen LogP contribution is -2.20. The van der Waals surface area contributed by atoms with Crippen LogP contribution in [0.3, 0.4) is 0 Å². The van der Waals surface area contributed by atoms with Crippen molar-refractivity contribution < 1.29 is 18.0 Å². The number of nitrogens with zero attached hydrogens (tertiary/aromatic N) is 5. The monoisotopic (exact) mass is 554 g/mol. The van der Waals surface area contributed by atoms with Gasteiger partial charge in [0.1, 0.15) is 12.2 Å². The van der Waals surface area contributed by atoms with Crippen LogP contribution in [-0.4, -0.2) is 30.5 Å². The number of halogens is 3. The van der Waals surface area contributed by atoms with Gasteiger partial charge in [0.15, 0.2) is 17.2 Å². The van der Waals surface area contributed by atoms with Gasteiger partial charge < -0.3 is 9.73 Å². The maximum absolute atomic E-state index is 13.9. The van der Waals surface area contributed by atoms with Gasteiger partial charge in [-0.2, -0.15) is 10.2 Å². The van der Waals surface area contributed by atoms with Gasteiger partial charge in [0.05, 0.1) is 28.4 Å². The van der Waals surface area contributed by atoms with E-state index in [1.807, 2.05) is 31.2 Å². The maximum atomic E-state index is 13.9. The standard InChI is InChI=1S/C25H21BrF2N6O2/c1-14-5-7-16(8-6-14)11-33-12-18(26)24(32-33)30-21(35)13-34-25-22(15(2)31-34)17(23(27)28)10-19(29-25)20-4-3-9-36-20/h3-10,12,23H,11,13H2,1-2H3,(H,30,32,35). The summed E-state index contributed by atoms with van der Waals surface area (Å²) in [6.07, 6.45) is 0.465. The number of alkyl halides is 2. The third-order valence-corrected chi connectivity index (χ3v) is 6.23. The molecule has 184 valence electrons. The summed E-state index contributed by atoms with van der Waals surface area (Å²) in [5, 5.41) is 11.7. The second-order valence-corrected chi connectivity index (χ2v) is 9.23. The van der Waals surface area contributed by atoms with E-state index in [1.54, 1.807) is 29.9 Å². The summed E-state index contributed by atoms with van der Waals surface area (Å²) in [6.45, 7) is 3.93. The fraction of sp³-hybridized carbons (Fsp3) is 0.200. The molecule has 5 rings (SSSR count). The molecule has 4 heterocycles. The Bertz CT molecular complexity index is 1540. The molecule has 11 heteroatoms. The van der Waals surface area contributed by atoms with Crippen molar-refractivity contribution in [2.24, 2.45) is 0 Å². The minimum absolute atomic E-state index is 0.177. The largest absolute Gasteiger partial charge is 0.463 e. The Balaban J connectivity index is 1.40. The first-order valence-corrected chi connectivity index (χ1v) is 11.9. The van der Waals surface area contributed by atoms with Gasteiger partial charge in [-0.3, -0.25) is 9.48 Å². The summed E-state index contributed by atoms with van der Waals surface area (Å²) in [7, 11) is 0. The SMILES string of the molecule is Cc1ccc(Cn2cc(Br)c(NC(=O)Cn3nc(C)c4c(C(F)F)cc(-c5ccco5)nc43)n2)cc1. The number of amides is 1. The predicted molar refractivity (Wildman–Crippen MR) is 134 cm³/mol. The van der Waals surface area contributed by atoms with Crippen LogP contribution in [0, 0.1) is 13.8 Å². The molecule has 0 radical (unpaired) electrons. The minimum atomic E-state index is -2.75. The quantitative estimate of drug-likeness (QED) is 0.271. The van der Waals surface area contributed by atoms with Crippen LogP contribution in [0.5, 0.6) is 0 Å². The van der Waals surface area contributed by atoms with Crippen molar-refractivity contribution in [2.75, 3.05) is 5.32 Å². The molecule has 0 fully saturated rings. The van der Waals surface area contributed by atoms with Crippen molar-refractivity contribution in [3.8, 4) is 11.5 Å². The highest BCUT2D eigenvalue weighted by atomic mass is 79.9. The van der Waals surface area contributed by atoms with E-state index in [0.717, 1.165) is 5.56 Å². The van der Waals surface area contributed by atoms with E-state index in [2.05, 4.69) is 36.4 Å². The molecule has 4 aromatic heterocycles. The van der Waals surface area contributed by atoms with Crippen molar-refractivity contribution >= 4 is 38.7 Å². The average molecular weight is 555 g/mol. The summed E-state index contributed by atoms with van der Waals surface area (Å²) in [6, 6.07) is 12.7. The van der Waals surface area contributed by atoms with E-state index in [9.17, 15) is 13.6 Å². The van der Waals surface area contributed by atoms with Crippen LogP contribution in [0.25, 0.3) is 22.5 Å². The fourth-order valence-corrected chi connectivity index (χ4v) is 4.39. The summed E-state index contributed by atoms with van der Waals surface area (Å²) in [5.41, 5.74) is 2.79. The number of benzene rings is 1. The highest BCUT2D eigenvalue weighted by molar-refractivity contribution is 9.10. The number of furan rings is 1. The molecule has 8 nitrogen and oxygen atoms in total. The van der Waals surface area contributed by atoms with Gasteiger partial charge in [-0.25, -0.2) is 18.4 Å². The Morgan fingerprint density at radius 3 is 2.64 bits per heavy atom. The van der Waals surface area contributed by atoms with Crippen molar-refractivity contribution in [1.29, 1.82) is 0 Å². The molecule has 0 aliphatic heterocycles. The van der Waals surface area contributed by atoms with Crippen molar-refractivity contribution in [3.05, 3.63) is 81.8 Å². The Hall–Kier alpha value is -3.86. The maximum Gasteiger partial charge on any atom is 0.264 e. The van der Waals surface area contributed by atoms with Gasteiger partial charge in [-0.1, -0.05) is 29.8 Å². The molecular formula is C25H21BrF2N6O2. The first-order chi connectivity index (χ1) is 17.3. The van der Waals surface area contributed by atoms with Crippen LogP contribution < -0.4 is 5.32 Å². The molecule has 0 saturated heterocycles. The number of carbonyl (C=O) groups is 1. The molecule has 5 aromatic rings. The molecule has 36 heavy (non-hydrogen) atoms. The zero-order valence-electron chi connectivity index (χ0n) is 19.4. The summed E-state index contributed by atoms with van der Waals surface area (Å²) < 4.78 is 36.8. The molecule has 1 N–H and O–H groups in total. The molecular weight excluding hydrogens is 534 g/mol. The van der Waals surface area contributed by atoms with Crippen LogP contribution in [-0.2, 0) is 17.9 Å². The number of carbonyl (C=O) groups excluding carboxylic acids is 1. The van der Waals surface area contributed by atoms with E-state index in [1.165, 1.54) is 22.6 Å². The highest BCUT2D eigenvalue weighted by Gasteiger charge is 2.23. The van der Waals surface area contributed by atoms with Crippen LogP contribution >= 0.6 is 15.9 Å². The Morgan fingerprint density at radius 2 is 1.94 bits per heavy atom. The Morgan fingerprint density at radius 1 is 1.17 bits per heavy atom. The van der Waals surface area contributed by atoms with Gasteiger partial charge in [0.2, 0.25) is 5.91 Å². The minimum Gasteiger partial charge on any atom is -0.463 e. The number of rotatable bonds is 7. The summed E-state index contributed by atoms with van der Waals surface area (Å²) >= 11 is 3.43. The van der Waals surface area contributed by atoms with Gasteiger partial charge in [-0.05, 0) is 53.5 Å². The molecule has 0 aliphatic carbocycles. The van der Waals surface area contributed by atoms with E-state index in [4.69, 9.17) is 4.42 Å². The van der Waals surface area contributed by atoms with Crippen LogP contribution in [0.2, 0.25) is 0 Å². The third kappa shape index (κ3) is 4.78. The van der Waals surface area contributed by atoms with Gasteiger partial charge >= 0.3 is 0 Å². The second kappa shape index (κ2) is 9.65. The fourth-order valence-electron chi connectivity index (χ4n) is 3.97. The molecule has 0 aliphatic rings. The van der Waals surface area contributed by atoms with Crippen molar-refractivity contribution in [2.45, 2.75) is 33.4 Å². The van der Waals surface area contributed by atoms with Crippen LogP contribution in [0.4, 0.5) is 14.6 Å². The third-order valence-electron chi connectivity index (χ3n) is 5.65. The molecule has 0 unspecified atom stereocenters. The summed E-state index contributed by atoms with van der Waals surface area (Å²) in [4.78, 5) is 17.4. The molecule has 0 saturated carbocycles. The molecule has 1 amide bonds. The normalized spacial score (nSPS) is 11.5. The first-order valence-electron chi connectivity index (χ1n) is 11.1. The highest BCUT2D eigenvalue weighted by Crippen LogP contribution is 2.33. The lowest BCUT2D eigenvalue weighted by Gasteiger charge is -2.08. The summed E-state index contributed by atoms with van der Waals surface area (Å²) in [5.74, 6) is 0.263. The first kappa shape index (κ1) is 23.9. The number of pyridine rings is 1. The zero-order valence-corrected chi connectivity index (χ0v) is 21.0. The number of aromatic nitrogens is 5. The van der Waals surface area contributed by atoms with Crippen molar-refractivity contribution in [1.82, 2.24) is 24.5 Å². The number of anilines is 1. The van der Waals surface area contributed by atoms with Crippen molar-refractivity contribution in [3.63, 3.8) is 0 Å². The van der Waals surface area contributed by atoms with E-state index in [0.29, 0.717) is 28.3 Å². The Kier molecular flexibility index (Phi) is 6.40. The molecule has 1 aromatic carbocycles.